The van der Waals surface area contributed by atoms with E-state index in [1.807, 2.05) is 0 Å². The molecule has 6 aromatic carbocycles. The number of benzene rings is 6. The van der Waals surface area contributed by atoms with Gasteiger partial charge in [0.05, 0.1) is 0 Å². The monoisotopic (exact) mass is 738 g/mol. The lowest BCUT2D eigenvalue weighted by Gasteiger charge is -2.38. The maximum Gasteiger partial charge on any atom is 0.146 e. The second-order valence-corrected chi connectivity index (χ2v) is 28.5. The SMILES string of the molecule is CC(C)[Si](C#Cc1ccc(C#Cc2c3cc4ccccc4cc3c(C#C[Si](C(C)C)(C(C)C)C(C)C)c3cc4ccccc4cc23)cc1)(C(C)C)C(C)C. The molecule has 0 saturated carbocycles. The Morgan fingerprint density at radius 3 is 0.926 bits per heavy atom. The molecule has 0 aromatic heterocycles. The quantitative estimate of drug-likeness (QED) is 0.0907. The summed E-state index contributed by atoms with van der Waals surface area (Å²) in [5, 5.41) is 9.59. The van der Waals surface area contributed by atoms with Gasteiger partial charge in [0, 0.05) is 22.3 Å². The topological polar surface area (TPSA) is 0 Å². The van der Waals surface area contributed by atoms with E-state index in [9.17, 15) is 0 Å². The van der Waals surface area contributed by atoms with Crippen molar-refractivity contribution < 1.29 is 0 Å². The highest BCUT2D eigenvalue weighted by molar-refractivity contribution is 6.91. The molecular weight excluding hydrogens is 681 g/mol. The van der Waals surface area contributed by atoms with Crippen LogP contribution < -0.4 is 0 Å². The second-order valence-electron chi connectivity index (χ2n) is 17.4. The summed E-state index contributed by atoms with van der Waals surface area (Å²) >= 11 is 0. The van der Waals surface area contributed by atoms with Crippen molar-refractivity contribution in [1.29, 1.82) is 0 Å². The normalized spacial score (nSPS) is 12.3. The molecule has 0 unspecified atom stereocenters. The zero-order chi connectivity index (χ0) is 38.9. The third kappa shape index (κ3) is 7.06. The molecular formula is C52H58Si2. The summed E-state index contributed by atoms with van der Waals surface area (Å²) in [5.74, 6) is 14.9. The number of hydrogen-bond donors (Lipinski definition) is 0. The van der Waals surface area contributed by atoms with Crippen LogP contribution >= 0.6 is 0 Å². The fraction of sp³-hybridized carbons (Fsp3) is 0.346. The molecule has 0 N–H and O–H groups in total. The number of fused-ring (bicyclic) bond motifs is 4. The van der Waals surface area contributed by atoms with E-state index in [1.165, 1.54) is 43.1 Å². The lowest BCUT2D eigenvalue weighted by Crippen LogP contribution is -2.43. The molecule has 0 heterocycles. The summed E-state index contributed by atoms with van der Waals surface area (Å²) in [6.07, 6.45) is 0. The Morgan fingerprint density at radius 2 is 0.611 bits per heavy atom. The summed E-state index contributed by atoms with van der Waals surface area (Å²) in [7, 11) is -3.81. The zero-order valence-corrected chi connectivity index (χ0v) is 36.7. The van der Waals surface area contributed by atoms with Gasteiger partial charge in [0.1, 0.15) is 16.1 Å². The predicted octanol–water partition coefficient (Wildman–Crippen LogP) is 14.8. The van der Waals surface area contributed by atoms with Gasteiger partial charge in [0.25, 0.3) is 0 Å². The molecule has 6 rings (SSSR count). The molecule has 0 bridgehead atoms. The molecule has 0 aliphatic heterocycles. The van der Waals surface area contributed by atoms with Crippen LogP contribution in [0, 0.1) is 34.8 Å². The molecule has 0 saturated heterocycles. The smallest absolute Gasteiger partial charge is 0.125 e. The van der Waals surface area contributed by atoms with Crippen molar-refractivity contribution in [1.82, 2.24) is 0 Å². The summed E-state index contributed by atoms with van der Waals surface area (Å²) in [5.41, 5.74) is 15.7. The standard InChI is InChI=1S/C52H58Si2/c1-35(2)53(36(3)4,37(5)6)29-27-42-23-21-41(22-24-42)25-26-47-49-31-43-17-13-15-19-45(43)33-51(49)48(28-30-54(38(7)8,39(9)10)40(11)12)52-34-46-20-16-14-18-44(46)32-50(47)52/h13-24,31-40H,1-12H3. The molecule has 0 amide bonds. The molecule has 2 heteroatoms. The largest absolute Gasteiger partial charge is 0.146 e. The molecule has 274 valence electrons. The predicted molar refractivity (Wildman–Crippen MR) is 245 cm³/mol. The Bertz CT molecular complexity index is 2390. The van der Waals surface area contributed by atoms with E-state index < -0.39 is 16.1 Å². The van der Waals surface area contributed by atoms with Gasteiger partial charge >= 0.3 is 0 Å². The Labute approximate surface area is 328 Å². The van der Waals surface area contributed by atoms with Gasteiger partial charge in [0.15, 0.2) is 0 Å². The molecule has 0 fully saturated rings. The van der Waals surface area contributed by atoms with Crippen LogP contribution in [0.15, 0.2) is 97.1 Å². The highest BCUT2D eigenvalue weighted by atomic mass is 28.3. The minimum absolute atomic E-state index is 0.553. The van der Waals surface area contributed by atoms with Crippen molar-refractivity contribution in [3.63, 3.8) is 0 Å². The average Bonchev–Trinajstić information content (AvgIpc) is 3.12. The van der Waals surface area contributed by atoms with Crippen LogP contribution in [-0.2, 0) is 0 Å². The van der Waals surface area contributed by atoms with Gasteiger partial charge in [-0.1, -0.05) is 155 Å². The van der Waals surface area contributed by atoms with Crippen LogP contribution in [0.1, 0.15) is 105 Å². The van der Waals surface area contributed by atoms with E-state index in [-0.39, 0.29) is 0 Å². The maximum absolute atomic E-state index is 4.09. The lowest BCUT2D eigenvalue weighted by atomic mass is 9.89. The van der Waals surface area contributed by atoms with E-state index >= 15 is 0 Å². The molecule has 0 aliphatic rings. The van der Waals surface area contributed by atoms with Crippen LogP contribution in [0.4, 0.5) is 0 Å². The first-order valence-corrected chi connectivity index (χ1v) is 24.7. The summed E-state index contributed by atoms with van der Waals surface area (Å²) in [6.45, 7) is 28.6. The Morgan fingerprint density at radius 1 is 0.333 bits per heavy atom. The molecule has 6 aromatic rings. The highest BCUT2D eigenvalue weighted by Gasteiger charge is 2.42. The van der Waals surface area contributed by atoms with E-state index in [1.54, 1.807) is 0 Å². The Balaban J connectivity index is 1.60. The van der Waals surface area contributed by atoms with Crippen LogP contribution in [0.5, 0.6) is 0 Å². The van der Waals surface area contributed by atoms with Gasteiger partial charge in [-0.15, -0.1) is 11.1 Å². The summed E-state index contributed by atoms with van der Waals surface area (Å²) in [4.78, 5) is 0. The van der Waals surface area contributed by atoms with E-state index in [0.717, 1.165) is 22.3 Å². The molecule has 0 nitrogen and oxygen atoms in total. The Kier molecular flexibility index (Phi) is 11.4. The highest BCUT2D eigenvalue weighted by Crippen LogP contribution is 2.43. The van der Waals surface area contributed by atoms with Crippen molar-refractivity contribution in [2.45, 2.75) is 116 Å². The third-order valence-electron chi connectivity index (χ3n) is 12.6. The zero-order valence-electron chi connectivity index (χ0n) is 34.7. The van der Waals surface area contributed by atoms with Gasteiger partial charge < -0.3 is 0 Å². The van der Waals surface area contributed by atoms with E-state index in [0.29, 0.717) is 33.2 Å². The lowest BCUT2D eigenvalue weighted by molar-refractivity contribution is 0.838. The first-order valence-electron chi connectivity index (χ1n) is 20.2. The van der Waals surface area contributed by atoms with Crippen LogP contribution in [0.2, 0.25) is 33.2 Å². The first-order chi connectivity index (χ1) is 25.7. The van der Waals surface area contributed by atoms with Crippen molar-refractivity contribution in [3.05, 3.63) is 119 Å². The first kappa shape index (κ1) is 39.2. The number of hydrogen-bond acceptors (Lipinski definition) is 0. The maximum atomic E-state index is 4.09. The number of rotatable bonds is 6. The molecule has 54 heavy (non-hydrogen) atoms. The van der Waals surface area contributed by atoms with E-state index in [4.69, 9.17) is 0 Å². The van der Waals surface area contributed by atoms with Crippen molar-refractivity contribution in [3.8, 4) is 34.8 Å². The van der Waals surface area contributed by atoms with Gasteiger partial charge in [-0.25, -0.2) is 0 Å². The molecule has 0 aliphatic carbocycles. The van der Waals surface area contributed by atoms with Crippen LogP contribution in [0.25, 0.3) is 43.1 Å². The van der Waals surface area contributed by atoms with Gasteiger partial charge in [0.2, 0.25) is 0 Å². The van der Waals surface area contributed by atoms with Crippen molar-refractivity contribution in [2.24, 2.45) is 0 Å². The molecule has 0 radical (unpaired) electrons. The van der Waals surface area contributed by atoms with Crippen molar-refractivity contribution >= 4 is 59.2 Å². The fourth-order valence-electron chi connectivity index (χ4n) is 9.86. The van der Waals surface area contributed by atoms with Crippen LogP contribution in [-0.4, -0.2) is 16.1 Å². The summed E-state index contributed by atoms with van der Waals surface area (Å²) in [6, 6.07) is 35.4. The fourth-order valence-corrected chi connectivity index (χ4v) is 20.3. The van der Waals surface area contributed by atoms with Gasteiger partial charge in [-0.05, 0) is 125 Å². The van der Waals surface area contributed by atoms with Gasteiger partial charge in [-0.3, -0.25) is 0 Å². The molecule has 0 atom stereocenters. The second kappa shape index (κ2) is 15.7. The minimum atomic E-state index is -2.00. The van der Waals surface area contributed by atoms with E-state index in [2.05, 4.69) is 215 Å². The summed E-state index contributed by atoms with van der Waals surface area (Å²) < 4.78 is 0. The Hall–Kier alpha value is -4.53. The average molecular weight is 739 g/mol. The van der Waals surface area contributed by atoms with Crippen molar-refractivity contribution in [2.75, 3.05) is 0 Å². The third-order valence-corrected chi connectivity index (χ3v) is 25.2. The van der Waals surface area contributed by atoms with Gasteiger partial charge in [-0.2, -0.15) is 0 Å². The van der Waals surface area contributed by atoms with Crippen LogP contribution in [0.3, 0.4) is 0 Å². The minimum Gasteiger partial charge on any atom is -0.125 e. The molecule has 0 spiro atoms.